The van der Waals surface area contributed by atoms with Crippen molar-refractivity contribution in [3.8, 4) is 0 Å². The van der Waals surface area contributed by atoms with Crippen molar-refractivity contribution in [1.82, 2.24) is 20.4 Å². The van der Waals surface area contributed by atoms with Crippen LogP contribution in [0.3, 0.4) is 0 Å². The van der Waals surface area contributed by atoms with Gasteiger partial charge in [-0.1, -0.05) is 42.1 Å². The molecule has 0 bridgehead atoms. The average molecular weight is 571 g/mol. The fourth-order valence-corrected chi connectivity index (χ4v) is 6.35. The number of amides is 2. The number of carboxylic acids is 1. The van der Waals surface area contributed by atoms with E-state index in [1.807, 2.05) is 0 Å². The van der Waals surface area contributed by atoms with Crippen molar-refractivity contribution in [2.24, 2.45) is 0 Å². The fraction of sp³-hybridized carbons (Fsp3) is 0.300. The summed E-state index contributed by atoms with van der Waals surface area (Å²) < 4.78 is 40.8. The van der Waals surface area contributed by atoms with Gasteiger partial charge in [-0.05, 0) is 5.57 Å². The van der Waals surface area contributed by atoms with Crippen molar-refractivity contribution in [3.63, 3.8) is 0 Å². The molecule has 37 heavy (non-hydrogen) atoms. The highest BCUT2D eigenvalue weighted by Gasteiger charge is 2.54. The molecule has 1 aromatic heterocycles. The number of benzene rings is 1. The van der Waals surface area contributed by atoms with Crippen molar-refractivity contribution in [3.05, 3.63) is 53.1 Å². The number of ether oxygens (including phenoxy) is 1. The van der Waals surface area contributed by atoms with Crippen molar-refractivity contribution >= 4 is 57.9 Å². The molecular weight excluding hydrogens is 552 g/mol. The number of aromatic nitrogens is 2. The molecule has 2 amide bonds. The van der Waals surface area contributed by atoms with Crippen LogP contribution in [0.2, 0.25) is 0 Å². The van der Waals surface area contributed by atoms with E-state index in [0.717, 1.165) is 16.7 Å². The zero-order chi connectivity index (χ0) is 26.7. The van der Waals surface area contributed by atoms with E-state index >= 15 is 0 Å². The number of carboxylic acid groups (broad SMARTS) is 1. The number of hydrogen-bond donors (Lipinski definition) is 3. The molecule has 0 spiro atoms. The molecule has 3 N–H and O–H groups in total. The first-order valence-electron chi connectivity index (χ1n) is 10.3. The topological polar surface area (TPSA) is 206 Å². The van der Waals surface area contributed by atoms with Crippen LogP contribution in [0.5, 0.6) is 0 Å². The summed E-state index contributed by atoms with van der Waals surface area (Å²) in [5.41, 5.74) is 0.532. The number of carbonyl (C=O) groups is 4. The first kappa shape index (κ1) is 26.6. The minimum absolute atomic E-state index is 0.0406. The zero-order valence-corrected chi connectivity index (χ0v) is 21.0. The van der Waals surface area contributed by atoms with E-state index in [1.54, 1.807) is 30.3 Å². The molecule has 0 radical (unpaired) electrons. The van der Waals surface area contributed by atoms with Gasteiger partial charge in [-0.2, -0.15) is 8.42 Å². The first-order chi connectivity index (χ1) is 17.6. The van der Waals surface area contributed by atoms with Gasteiger partial charge >= 0.3 is 5.97 Å². The van der Waals surface area contributed by atoms with Gasteiger partial charge in [-0.25, -0.2) is 4.79 Å². The lowest BCUT2D eigenvalue weighted by molar-refractivity contribution is -0.154. The van der Waals surface area contributed by atoms with Gasteiger partial charge in [0, 0.05) is 17.1 Å². The van der Waals surface area contributed by atoms with E-state index in [4.69, 9.17) is 13.7 Å². The molecule has 1 fully saturated rings. The van der Waals surface area contributed by atoms with Gasteiger partial charge in [0.05, 0.1) is 0 Å². The van der Waals surface area contributed by atoms with Crippen molar-refractivity contribution in [1.29, 1.82) is 0 Å². The van der Waals surface area contributed by atoms with Gasteiger partial charge < -0.3 is 19.6 Å². The third kappa shape index (κ3) is 5.95. The summed E-state index contributed by atoms with van der Waals surface area (Å²) in [4.78, 5) is 49.7. The van der Waals surface area contributed by atoms with Gasteiger partial charge in [0.1, 0.15) is 17.1 Å². The van der Waals surface area contributed by atoms with Crippen LogP contribution < -0.4 is 5.32 Å². The van der Waals surface area contributed by atoms with Gasteiger partial charge in [-0.3, -0.25) is 23.8 Å². The molecule has 3 atom stereocenters. The molecule has 1 saturated heterocycles. The SMILES string of the molecule is O=CO[C@@H](C(=O)NC1C(=O)N2C(C(=O)O)=C(CSc3nnc(CS(=O)(=O)O)o3)CS[C@H]12)c1ccccc1. The Balaban J connectivity index is 1.45. The largest absolute Gasteiger partial charge is 0.477 e. The lowest BCUT2D eigenvalue weighted by atomic mass is 10.0. The maximum Gasteiger partial charge on any atom is 0.352 e. The number of thioether (sulfide) groups is 2. The highest BCUT2D eigenvalue weighted by molar-refractivity contribution is 8.01. The number of nitrogens with one attached hydrogen (secondary N) is 1. The molecular formula is C20H18N4O10S3. The van der Waals surface area contributed by atoms with Crippen molar-refractivity contribution < 1.29 is 46.4 Å². The summed E-state index contributed by atoms with van der Waals surface area (Å²) in [5.74, 6) is -3.66. The van der Waals surface area contributed by atoms with Crippen molar-refractivity contribution in [2.75, 3.05) is 11.5 Å². The number of fused-ring (bicyclic) bond motifs is 1. The number of aliphatic carboxylic acids is 1. The summed E-state index contributed by atoms with van der Waals surface area (Å²) in [5, 5.41) is 18.8. The van der Waals surface area contributed by atoms with E-state index in [2.05, 4.69) is 15.5 Å². The first-order valence-corrected chi connectivity index (χ1v) is 14.0. The van der Waals surface area contributed by atoms with Crippen LogP contribution in [0, 0.1) is 0 Å². The summed E-state index contributed by atoms with van der Waals surface area (Å²) in [6.07, 6.45) is -1.28. The van der Waals surface area contributed by atoms with Gasteiger partial charge in [-0.15, -0.1) is 22.0 Å². The van der Waals surface area contributed by atoms with Crippen LogP contribution in [0.25, 0.3) is 0 Å². The van der Waals surface area contributed by atoms with E-state index in [-0.39, 0.29) is 34.8 Å². The van der Waals surface area contributed by atoms with E-state index in [9.17, 15) is 32.7 Å². The van der Waals surface area contributed by atoms with Crippen LogP contribution in [0.4, 0.5) is 0 Å². The number of hydrogen-bond acceptors (Lipinski definition) is 12. The quantitative estimate of drug-likeness (QED) is 0.143. The summed E-state index contributed by atoms with van der Waals surface area (Å²) in [7, 11) is -4.36. The van der Waals surface area contributed by atoms with E-state index in [0.29, 0.717) is 11.1 Å². The number of rotatable bonds is 11. The molecule has 2 aliphatic heterocycles. The average Bonchev–Trinajstić information content (AvgIpc) is 3.29. The Kier molecular flexibility index (Phi) is 7.86. The Labute approximate surface area is 217 Å². The second-order valence-electron chi connectivity index (χ2n) is 7.65. The van der Waals surface area contributed by atoms with E-state index in [1.165, 1.54) is 11.8 Å². The molecule has 14 nitrogen and oxygen atoms in total. The fourth-order valence-electron chi connectivity index (χ4n) is 3.66. The second kappa shape index (κ2) is 10.9. The third-order valence-electron chi connectivity index (χ3n) is 5.20. The molecule has 1 aromatic carbocycles. The molecule has 0 aliphatic carbocycles. The Morgan fingerprint density at radius 2 is 2.05 bits per heavy atom. The van der Waals surface area contributed by atoms with Gasteiger partial charge in [0.2, 0.25) is 12.0 Å². The summed E-state index contributed by atoms with van der Waals surface area (Å²) in [6, 6.07) is 7.18. The predicted octanol–water partition coefficient (Wildman–Crippen LogP) is 0.202. The Morgan fingerprint density at radius 1 is 1.32 bits per heavy atom. The maximum atomic E-state index is 12.9. The van der Waals surface area contributed by atoms with Crippen LogP contribution >= 0.6 is 23.5 Å². The molecule has 2 aromatic rings. The lowest BCUT2D eigenvalue weighted by Gasteiger charge is -2.49. The predicted molar refractivity (Wildman–Crippen MR) is 126 cm³/mol. The van der Waals surface area contributed by atoms with Gasteiger partial charge in [0.15, 0.2) is 5.75 Å². The molecule has 0 saturated carbocycles. The molecule has 4 rings (SSSR count). The molecule has 17 heteroatoms. The molecule has 1 unspecified atom stereocenters. The third-order valence-corrected chi connectivity index (χ3v) is 8.06. The van der Waals surface area contributed by atoms with Crippen LogP contribution in [0.1, 0.15) is 17.6 Å². The maximum absolute atomic E-state index is 12.9. The normalized spacial score (nSPS) is 20.0. The Bertz CT molecular complexity index is 1360. The monoisotopic (exact) mass is 570 g/mol. The highest BCUT2D eigenvalue weighted by atomic mass is 32.2. The molecule has 196 valence electrons. The van der Waals surface area contributed by atoms with E-state index < -0.39 is 51.2 Å². The highest BCUT2D eigenvalue weighted by Crippen LogP contribution is 2.41. The van der Waals surface area contributed by atoms with Crippen molar-refractivity contribution in [2.45, 2.75) is 28.5 Å². The summed E-state index contributed by atoms with van der Waals surface area (Å²) in [6.45, 7) is 0.131. The number of β-lactam (4-membered cyclic amide) rings is 1. The molecule has 3 heterocycles. The smallest absolute Gasteiger partial charge is 0.352 e. The minimum atomic E-state index is -4.36. The standard InChI is InChI=1S/C20H18N4O10S3/c25-9-33-15(10-4-2-1-3-5-10)16(26)21-13-17(27)24-14(19(28)29)11(6-35-18(13)24)7-36-20-23-22-12(34-20)8-37(30,31)32/h1-5,9,13,15,18H,6-8H2,(H,21,26)(H,28,29)(H,30,31,32)/t13?,15-,18-/m1/s1. The van der Waals surface area contributed by atoms with Crippen LogP contribution in [-0.2, 0) is 39.8 Å². The molecule has 2 aliphatic rings. The Hall–Kier alpha value is -3.41. The minimum Gasteiger partial charge on any atom is -0.477 e. The van der Waals surface area contributed by atoms with Crippen LogP contribution in [0.15, 0.2) is 51.2 Å². The number of nitrogens with zero attached hydrogens (tertiary/aromatic N) is 3. The van der Waals surface area contributed by atoms with Gasteiger partial charge in [0.25, 0.3) is 33.6 Å². The Morgan fingerprint density at radius 3 is 2.70 bits per heavy atom. The zero-order valence-electron chi connectivity index (χ0n) is 18.5. The summed E-state index contributed by atoms with van der Waals surface area (Å²) >= 11 is 2.17. The van der Waals surface area contributed by atoms with Crippen LogP contribution in [-0.4, -0.2) is 80.4 Å². The lowest BCUT2D eigenvalue weighted by Crippen LogP contribution is -2.71. The number of carbonyl (C=O) groups excluding carboxylic acids is 3. The second-order valence-corrected chi connectivity index (χ2v) is 11.1.